The normalized spacial score (nSPS) is 10.9. The molecule has 4 aromatic rings. The van der Waals surface area contributed by atoms with Gasteiger partial charge in [0.1, 0.15) is 24.0 Å². The number of nitrogens with one attached hydrogen (secondary N) is 1. The molecule has 3 aromatic carbocycles. The van der Waals surface area contributed by atoms with Gasteiger partial charge in [0.15, 0.2) is 0 Å². The highest BCUT2D eigenvalue weighted by Crippen LogP contribution is 2.28. The lowest BCUT2D eigenvalue weighted by molar-refractivity contribution is 0.305. The van der Waals surface area contributed by atoms with E-state index in [2.05, 4.69) is 11.9 Å². The first-order valence-corrected chi connectivity index (χ1v) is 9.82. The molecule has 1 N–H and O–H groups in total. The van der Waals surface area contributed by atoms with E-state index in [9.17, 15) is 4.39 Å². The van der Waals surface area contributed by atoms with Crippen LogP contribution in [0.25, 0.3) is 22.6 Å². The van der Waals surface area contributed by atoms with Crippen LogP contribution in [0.4, 0.5) is 4.39 Å². The number of hydrogen-bond donors (Lipinski definition) is 1. The number of ether oxygens (including phenoxy) is 1. The molecule has 5 heteroatoms. The van der Waals surface area contributed by atoms with Crippen LogP contribution < -0.4 is 4.74 Å². The average Bonchev–Trinajstić information content (AvgIpc) is 3.18. The number of aromatic nitrogens is 2. The molecule has 0 amide bonds. The van der Waals surface area contributed by atoms with Crippen LogP contribution in [0.15, 0.2) is 72.8 Å². The summed E-state index contributed by atoms with van der Waals surface area (Å²) >= 11 is 6.00. The lowest BCUT2D eigenvalue weighted by Gasteiger charge is -2.07. The Hall–Kier alpha value is -3.11. The van der Waals surface area contributed by atoms with E-state index in [1.54, 1.807) is 6.07 Å². The number of hydrogen-bond acceptors (Lipinski definition) is 2. The number of imidazole rings is 1. The minimum Gasteiger partial charge on any atom is -0.489 e. The Bertz CT molecular complexity index is 1100. The van der Waals surface area contributed by atoms with Crippen molar-refractivity contribution in [3.63, 3.8) is 0 Å². The van der Waals surface area contributed by atoms with Crippen molar-refractivity contribution in [3.05, 3.63) is 94.9 Å². The topological polar surface area (TPSA) is 37.9 Å². The van der Waals surface area contributed by atoms with E-state index < -0.39 is 0 Å². The van der Waals surface area contributed by atoms with E-state index in [4.69, 9.17) is 21.3 Å². The molecule has 0 aliphatic carbocycles. The van der Waals surface area contributed by atoms with E-state index in [0.717, 1.165) is 46.1 Å². The van der Waals surface area contributed by atoms with Gasteiger partial charge in [-0.3, -0.25) is 0 Å². The molecule has 1 heterocycles. The maximum atomic E-state index is 13.3. The summed E-state index contributed by atoms with van der Waals surface area (Å²) in [4.78, 5) is 8.22. The average molecular weight is 407 g/mol. The standard InChI is InChI=1S/C24H20ClFN2O/c1-2-22-23(17-6-10-19(25)11-7-17)28-24(27-22)18-8-12-21(13-9-18)29-15-16-4-3-5-20(26)14-16/h3-14H,2,15H2,1H3,(H,27,28). The Morgan fingerprint density at radius 2 is 1.69 bits per heavy atom. The molecule has 0 fully saturated rings. The zero-order chi connectivity index (χ0) is 20.2. The zero-order valence-electron chi connectivity index (χ0n) is 16.0. The van der Waals surface area contributed by atoms with Crippen LogP contribution in [0.5, 0.6) is 5.75 Å². The summed E-state index contributed by atoms with van der Waals surface area (Å²) in [6, 6.07) is 21.8. The van der Waals surface area contributed by atoms with Gasteiger partial charge in [-0.15, -0.1) is 0 Å². The van der Waals surface area contributed by atoms with Gasteiger partial charge in [0.2, 0.25) is 0 Å². The third kappa shape index (κ3) is 4.49. The number of aromatic amines is 1. The summed E-state index contributed by atoms with van der Waals surface area (Å²) in [5.74, 6) is 1.27. The van der Waals surface area contributed by atoms with Gasteiger partial charge in [-0.25, -0.2) is 9.37 Å². The van der Waals surface area contributed by atoms with Gasteiger partial charge in [-0.05, 0) is 60.5 Å². The Balaban J connectivity index is 1.52. The maximum Gasteiger partial charge on any atom is 0.138 e. The highest BCUT2D eigenvalue weighted by Gasteiger charge is 2.12. The van der Waals surface area contributed by atoms with Crippen LogP contribution in [0.1, 0.15) is 18.2 Å². The summed E-state index contributed by atoms with van der Waals surface area (Å²) in [5, 5.41) is 0.705. The van der Waals surface area contributed by atoms with E-state index in [1.165, 1.54) is 12.1 Å². The number of rotatable bonds is 6. The molecule has 0 aliphatic rings. The Labute approximate surface area is 174 Å². The molecule has 0 saturated heterocycles. The van der Waals surface area contributed by atoms with Crippen molar-refractivity contribution >= 4 is 11.6 Å². The molecule has 146 valence electrons. The quantitative estimate of drug-likeness (QED) is 0.388. The molecule has 29 heavy (non-hydrogen) atoms. The Kier molecular flexibility index (Phi) is 5.63. The third-order valence-corrected chi connectivity index (χ3v) is 4.92. The first-order chi connectivity index (χ1) is 14.1. The molecule has 1 aromatic heterocycles. The summed E-state index contributed by atoms with van der Waals surface area (Å²) in [6.07, 6.45) is 0.847. The van der Waals surface area contributed by atoms with Crippen molar-refractivity contribution in [1.29, 1.82) is 0 Å². The van der Waals surface area contributed by atoms with Crippen molar-refractivity contribution in [2.75, 3.05) is 0 Å². The van der Waals surface area contributed by atoms with Crippen LogP contribution in [-0.2, 0) is 13.0 Å². The molecule has 0 radical (unpaired) electrons. The number of H-pyrrole nitrogens is 1. The highest BCUT2D eigenvalue weighted by atomic mass is 35.5. The van der Waals surface area contributed by atoms with E-state index >= 15 is 0 Å². The van der Waals surface area contributed by atoms with Gasteiger partial charge in [0, 0.05) is 21.8 Å². The van der Waals surface area contributed by atoms with E-state index in [1.807, 2.05) is 54.6 Å². The van der Waals surface area contributed by atoms with Crippen LogP contribution >= 0.6 is 11.6 Å². The Morgan fingerprint density at radius 1 is 0.966 bits per heavy atom. The zero-order valence-corrected chi connectivity index (χ0v) is 16.7. The fourth-order valence-electron chi connectivity index (χ4n) is 3.15. The maximum absolute atomic E-state index is 13.3. The molecular weight excluding hydrogens is 387 g/mol. The molecule has 0 bridgehead atoms. The van der Waals surface area contributed by atoms with Crippen molar-refractivity contribution in [3.8, 4) is 28.4 Å². The molecular formula is C24H20ClFN2O. The summed E-state index contributed by atoms with van der Waals surface area (Å²) in [5.41, 5.74) is 4.81. The minimum absolute atomic E-state index is 0.262. The molecule has 4 rings (SSSR count). The fourth-order valence-corrected chi connectivity index (χ4v) is 3.28. The van der Waals surface area contributed by atoms with E-state index in [-0.39, 0.29) is 5.82 Å². The second-order valence-electron chi connectivity index (χ2n) is 6.72. The van der Waals surface area contributed by atoms with Gasteiger partial charge in [0.25, 0.3) is 0 Å². The third-order valence-electron chi connectivity index (χ3n) is 4.67. The molecule has 0 atom stereocenters. The molecule has 0 unspecified atom stereocenters. The fraction of sp³-hybridized carbons (Fsp3) is 0.125. The SMILES string of the molecule is CCc1[nH]c(-c2ccc(OCc3cccc(F)c3)cc2)nc1-c1ccc(Cl)cc1. The molecule has 0 spiro atoms. The minimum atomic E-state index is -0.262. The summed E-state index contributed by atoms with van der Waals surface area (Å²) in [6.45, 7) is 2.42. The molecule has 3 nitrogen and oxygen atoms in total. The monoisotopic (exact) mass is 406 g/mol. The number of nitrogens with zero attached hydrogens (tertiary/aromatic N) is 1. The van der Waals surface area contributed by atoms with Crippen molar-refractivity contribution in [1.82, 2.24) is 9.97 Å². The van der Waals surface area contributed by atoms with Crippen LogP contribution in [0, 0.1) is 5.82 Å². The highest BCUT2D eigenvalue weighted by molar-refractivity contribution is 6.30. The number of benzene rings is 3. The van der Waals surface area contributed by atoms with Gasteiger partial charge in [-0.2, -0.15) is 0 Å². The lowest BCUT2D eigenvalue weighted by atomic mass is 10.1. The Morgan fingerprint density at radius 3 is 2.38 bits per heavy atom. The van der Waals surface area contributed by atoms with Crippen molar-refractivity contribution < 1.29 is 9.13 Å². The number of halogens is 2. The first kappa shape index (κ1) is 19.2. The van der Waals surface area contributed by atoms with Crippen LogP contribution in [-0.4, -0.2) is 9.97 Å². The lowest BCUT2D eigenvalue weighted by Crippen LogP contribution is -1.95. The van der Waals surface area contributed by atoms with Gasteiger partial charge < -0.3 is 9.72 Å². The van der Waals surface area contributed by atoms with Crippen molar-refractivity contribution in [2.24, 2.45) is 0 Å². The molecule has 0 aliphatic heterocycles. The molecule has 0 saturated carbocycles. The first-order valence-electron chi connectivity index (χ1n) is 9.45. The second-order valence-corrected chi connectivity index (χ2v) is 7.15. The van der Waals surface area contributed by atoms with Crippen molar-refractivity contribution in [2.45, 2.75) is 20.0 Å². The summed E-state index contributed by atoms with van der Waals surface area (Å²) in [7, 11) is 0. The van der Waals surface area contributed by atoms with Gasteiger partial charge in [-0.1, -0.05) is 42.8 Å². The number of aryl methyl sites for hydroxylation is 1. The van der Waals surface area contributed by atoms with Crippen LogP contribution in [0.2, 0.25) is 5.02 Å². The predicted molar refractivity (Wildman–Crippen MR) is 115 cm³/mol. The van der Waals surface area contributed by atoms with Gasteiger partial charge in [0.05, 0.1) is 5.69 Å². The van der Waals surface area contributed by atoms with E-state index in [0.29, 0.717) is 11.6 Å². The summed E-state index contributed by atoms with van der Waals surface area (Å²) < 4.78 is 19.0. The van der Waals surface area contributed by atoms with Gasteiger partial charge >= 0.3 is 0 Å². The predicted octanol–water partition coefficient (Wildman–Crippen LogP) is 6.68. The van der Waals surface area contributed by atoms with Crippen LogP contribution in [0.3, 0.4) is 0 Å². The second kappa shape index (κ2) is 8.50. The largest absolute Gasteiger partial charge is 0.489 e. The smallest absolute Gasteiger partial charge is 0.138 e.